The molecule has 0 aromatic carbocycles. The van der Waals surface area contributed by atoms with Crippen molar-refractivity contribution >= 4 is 0 Å². The molecule has 0 saturated carbocycles. The molecule has 1 heterocycles. The number of hydrogen-bond acceptors (Lipinski definition) is 3. The number of hydrogen-bond donors (Lipinski definition) is 1. The first kappa shape index (κ1) is 17.0. The summed E-state index contributed by atoms with van der Waals surface area (Å²) in [6.45, 7) is 14.5. The summed E-state index contributed by atoms with van der Waals surface area (Å²) < 4.78 is 5.83. The highest BCUT2D eigenvalue weighted by atomic mass is 16.5. The molecule has 1 atom stereocenters. The van der Waals surface area contributed by atoms with Crippen LogP contribution in [0.5, 0.6) is 5.88 Å². The Labute approximate surface area is 124 Å². The number of nitrogens with one attached hydrogen (secondary N) is 1. The number of pyridine rings is 1. The van der Waals surface area contributed by atoms with Crippen LogP contribution in [0.3, 0.4) is 0 Å². The van der Waals surface area contributed by atoms with E-state index in [1.54, 1.807) is 0 Å². The van der Waals surface area contributed by atoms with Crippen molar-refractivity contribution in [3.63, 3.8) is 0 Å². The molecule has 3 nitrogen and oxygen atoms in total. The first-order chi connectivity index (χ1) is 9.30. The first-order valence-electron chi connectivity index (χ1n) is 7.65. The number of aromatic nitrogens is 1. The standard InChI is InChI=1S/C17H30N2O/c1-7-8-13(2)12-20-16-10-15(9-14(3)19-16)11-18-17(4,5)6/h9-10,13,18H,7-8,11-12H2,1-6H3. The average molecular weight is 278 g/mol. The molecule has 0 fully saturated rings. The zero-order chi connectivity index (χ0) is 15.2. The molecule has 3 heteroatoms. The Morgan fingerprint density at radius 1 is 1.30 bits per heavy atom. The van der Waals surface area contributed by atoms with E-state index in [2.05, 4.69) is 51.0 Å². The largest absolute Gasteiger partial charge is 0.477 e. The molecular weight excluding hydrogens is 248 g/mol. The highest BCUT2D eigenvalue weighted by molar-refractivity contribution is 5.24. The molecule has 1 aromatic rings. The predicted octanol–water partition coefficient (Wildman–Crippen LogP) is 4.09. The van der Waals surface area contributed by atoms with Gasteiger partial charge < -0.3 is 10.1 Å². The molecule has 0 saturated heterocycles. The lowest BCUT2D eigenvalue weighted by Gasteiger charge is -2.21. The monoisotopic (exact) mass is 278 g/mol. The SMILES string of the molecule is CCCC(C)COc1cc(CNC(C)(C)C)cc(C)n1. The summed E-state index contributed by atoms with van der Waals surface area (Å²) >= 11 is 0. The lowest BCUT2D eigenvalue weighted by Crippen LogP contribution is -2.35. The van der Waals surface area contributed by atoms with Crippen molar-refractivity contribution in [1.82, 2.24) is 10.3 Å². The second-order valence-electron chi connectivity index (χ2n) is 6.76. The normalized spacial score (nSPS) is 13.3. The number of ether oxygens (including phenoxy) is 1. The molecule has 20 heavy (non-hydrogen) atoms. The Hall–Kier alpha value is -1.09. The topological polar surface area (TPSA) is 34.1 Å². The maximum absolute atomic E-state index is 5.83. The fourth-order valence-electron chi connectivity index (χ4n) is 2.05. The highest BCUT2D eigenvalue weighted by Crippen LogP contribution is 2.15. The molecule has 0 radical (unpaired) electrons. The maximum Gasteiger partial charge on any atom is 0.213 e. The second kappa shape index (κ2) is 7.63. The summed E-state index contributed by atoms with van der Waals surface area (Å²) in [5, 5.41) is 3.49. The van der Waals surface area contributed by atoms with E-state index in [0.29, 0.717) is 5.92 Å². The molecule has 1 aromatic heterocycles. The van der Waals surface area contributed by atoms with E-state index in [0.717, 1.165) is 24.7 Å². The quantitative estimate of drug-likeness (QED) is 0.815. The van der Waals surface area contributed by atoms with Crippen LogP contribution in [-0.2, 0) is 6.54 Å². The Balaban J connectivity index is 2.61. The summed E-state index contributed by atoms with van der Waals surface area (Å²) in [7, 11) is 0. The molecule has 1 unspecified atom stereocenters. The van der Waals surface area contributed by atoms with Crippen LogP contribution in [0.15, 0.2) is 12.1 Å². The van der Waals surface area contributed by atoms with E-state index in [9.17, 15) is 0 Å². The van der Waals surface area contributed by atoms with Gasteiger partial charge in [-0.15, -0.1) is 0 Å². The highest BCUT2D eigenvalue weighted by Gasteiger charge is 2.10. The molecule has 0 aliphatic rings. The van der Waals surface area contributed by atoms with Crippen molar-refractivity contribution in [2.45, 2.75) is 66.5 Å². The zero-order valence-corrected chi connectivity index (χ0v) is 13.9. The van der Waals surface area contributed by atoms with Crippen molar-refractivity contribution in [2.75, 3.05) is 6.61 Å². The summed E-state index contributed by atoms with van der Waals surface area (Å²) in [6.07, 6.45) is 2.40. The minimum atomic E-state index is 0.119. The van der Waals surface area contributed by atoms with Crippen LogP contribution < -0.4 is 10.1 Å². The molecule has 0 aliphatic heterocycles. The van der Waals surface area contributed by atoms with Gasteiger partial charge in [-0.05, 0) is 51.7 Å². The lowest BCUT2D eigenvalue weighted by molar-refractivity contribution is 0.242. The van der Waals surface area contributed by atoms with Gasteiger partial charge in [0.2, 0.25) is 5.88 Å². The van der Waals surface area contributed by atoms with E-state index in [1.807, 2.05) is 13.0 Å². The predicted molar refractivity (Wildman–Crippen MR) is 85.1 cm³/mol. The van der Waals surface area contributed by atoms with Crippen LogP contribution in [0.2, 0.25) is 0 Å². The number of aryl methyl sites for hydroxylation is 1. The van der Waals surface area contributed by atoms with Crippen LogP contribution in [-0.4, -0.2) is 17.1 Å². The van der Waals surface area contributed by atoms with Crippen molar-refractivity contribution < 1.29 is 4.74 Å². The Morgan fingerprint density at radius 2 is 2.00 bits per heavy atom. The molecule has 1 N–H and O–H groups in total. The van der Waals surface area contributed by atoms with Crippen LogP contribution in [0.4, 0.5) is 0 Å². The van der Waals surface area contributed by atoms with E-state index in [-0.39, 0.29) is 5.54 Å². The third-order valence-corrected chi connectivity index (χ3v) is 3.11. The molecule has 0 aliphatic carbocycles. The number of nitrogens with zero attached hydrogens (tertiary/aromatic N) is 1. The maximum atomic E-state index is 5.83. The van der Waals surface area contributed by atoms with Gasteiger partial charge in [0.1, 0.15) is 0 Å². The summed E-state index contributed by atoms with van der Waals surface area (Å²) in [6, 6.07) is 4.16. The number of rotatable bonds is 7. The molecule has 0 spiro atoms. The van der Waals surface area contributed by atoms with Gasteiger partial charge in [-0.3, -0.25) is 0 Å². The fraction of sp³-hybridized carbons (Fsp3) is 0.706. The van der Waals surface area contributed by atoms with E-state index in [1.165, 1.54) is 18.4 Å². The van der Waals surface area contributed by atoms with Crippen molar-refractivity contribution in [3.8, 4) is 5.88 Å². The molecular formula is C17H30N2O. The average Bonchev–Trinajstić information content (AvgIpc) is 2.33. The third kappa shape index (κ3) is 6.90. The van der Waals surface area contributed by atoms with Crippen molar-refractivity contribution in [2.24, 2.45) is 5.92 Å². The summed E-state index contributed by atoms with van der Waals surface area (Å²) in [4.78, 5) is 4.46. The Kier molecular flexibility index (Phi) is 6.47. The minimum Gasteiger partial charge on any atom is -0.477 e. The lowest BCUT2D eigenvalue weighted by atomic mass is 10.1. The first-order valence-corrected chi connectivity index (χ1v) is 7.65. The van der Waals surface area contributed by atoms with Crippen molar-refractivity contribution in [1.29, 1.82) is 0 Å². The van der Waals surface area contributed by atoms with Gasteiger partial charge in [0.15, 0.2) is 0 Å². The van der Waals surface area contributed by atoms with E-state index in [4.69, 9.17) is 4.74 Å². The van der Waals surface area contributed by atoms with Crippen molar-refractivity contribution in [3.05, 3.63) is 23.4 Å². The zero-order valence-electron chi connectivity index (χ0n) is 13.9. The third-order valence-electron chi connectivity index (χ3n) is 3.11. The Morgan fingerprint density at radius 3 is 2.60 bits per heavy atom. The summed E-state index contributed by atoms with van der Waals surface area (Å²) in [5.74, 6) is 1.33. The molecule has 114 valence electrons. The van der Waals surface area contributed by atoms with Crippen LogP contribution in [0.1, 0.15) is 58.7 Å². The van der Waals surface area contributed by atoms with Gasteiger partial charge >= 0.3 is 0 Å². The van der Waals surface area contributed by atoms with E-state index < -0.39 is 0 Å². The molecule has 1 rings (SSSR count). The van der Waals surface area contributed by atoms with Gasteiger partial charge in [0.25, 0.3) is 0 Å². The summed E-state index contributed by atoms with van der Waals surface area (Å²) in [5.41, 5.74) is 2.36. The van der Waals surface area contributed by atoms with Gasteiger partial charge in [-0.25, -0.2) is 4.98 Å². The smallest absolute Gasteiger partial charge is 0.213 e. The molecule has 0 bridgehead atoms. The van der Waals surface area contributed by atoms with Gasteiger partial charge in [-0.2, -0.15) is 0 Å². The van der Waals surface area contributed by atoms with Crippen LogP contribution in [0.25, 0.3) is 0 Å². The molecule has 0 amide bonds. The van der Waals surface area contributed by atoms with Crippen LogP contribution >= 0.6 is 0 Å². The Bertz CT molecular complexity index is 410. The van der Waals surface area contributed by atoms with Gasteiger partial charge in [0.05, 0.1) is 6.61 Å². The van der Waals surface area contributed by atoms with E-state index >= 15 is 0 Å². The minimum absolute atomic E-state index is 0.119. The van der Waals surface area contributed by atoms with Gasteiger partial charge in [0, 0.05) is 23.8 Å². The van der Waals surface area contributed by atoms with Crippen LogP contribution in [0, 0.1) is 12.8 Å². The van der Waals surface area contributed by atoms with Gasteiger partial charge in [-0.1, -0.05) is 20.3 Å². The fourth-order valence-corrected chi connectivity index (χ4v) is 2.05. The second-order valence-corrected chi connectivity index (χ2v) is 6.76.